The molecule has 34 heavy (non-hydrogen) atoms. The molecule has 174 valence electrons. The van der Waals surface area contributed by atoms with E-state index in [0.717, 1.165) is 22.5 Å². The zero-order valence-corrected chi connectivity index (χ0v) is 18.3. The molecule has 1 amide bonds. The van der Waals surface area contributed by atoms with E-state index in [9.17, 15) is 18.7 Å². The van der Waals surface area contributed by atoms with Gasteiger partial charge in [0, 0.05) is 59.3 Å². The number of ether oxygens (including phenoxy) is 1. The predicted molar refractivity (Wildman–Crippen MR) is 121 cm³/mol. The second-order valence-electron chi connectivity index (χ2n) is 7.87. The lowest BCUT2D eigenvalue weighted by molar-refractivity contribution is -0.0964. The van der Waals surface area contributed by atoms with Crippen molar-refractivity contribution in [2.45, 2.75) is 31.1 Å². The summed E-state index contributed by atoms with van der Waals surface area (Å²) in [6.07, 6.45) is 5.32. The van der Waals surface area contributed by atoms with Gasteiger partial charge in [0.25, 0.3) is 5.91 Å². The Labute approximate surface area is 197 Å². The van der Waals surface area contributed by atoms with Crippen LogP contribution in [0.1, 0.15) is 22.6 Å². The topological polar surface area (TPSA) is 102 Å². The van der Waals surface area contributed by atoms with Crippen molar-refractivity contribution in [3.8, 4) is 16.9 Å². The zero-order valence-electron chi connectivity index (χ0n) is 17.6. The molecule has 0 saturated carbocycles. The maximum Gasteiger partial charge on any atom is 0.487 e. The van der Waals surface area contributed by atoms with Crippen LogP contribution in [0.2, 0.25) is 0 Å². The Kier molecular flexibility index (Phi) is 5.62. The smallest absolute Gasteiger partial charge is 0.420 e. The SMILES string of the molecule is O=C(Nc1ccc(OC(F)(F)Cl)cc1)c1cc(-c2cncnc2)c2c(c1)nc1n2CC[C@H](O)C1. The fourth-order valence-electron chi connectivity index (χ4n) is 4.04. The number of rotatable bonds is 5. The van der Waals surface area contributed by atoms with E-state index in [4.69, 9.17) is 11.6 Å². The average molecular weight is 486 g/mol. The van der Waals surface area contributed by atoms with Gasteiger partial charge in [-0.3, -0.25) is 4.79 Å². The lowest BCUT2D eigenvalue weighted by Crippen LogP contribution is -2.23. The highest BCUT2D eigenvalue weighted by Crippen LogP contribution is 2.33. The Balaban J connectivity index is 1.50. The second kappa shape index (κ2) is 8.62. The van der Waals surface area contributed by atoms with Crippen LogP contribution in [0, 0.1) is 0 Å². The molecule has 11 heteroatoms. The van der Waals surface area contributed by atoms with Gasteiger partial charge in [0.2, 0.25) is 0 Å². The van der Waals surface area contributed by atoms with Crippen molar-refractivity contribution in [1.29, 1.82) is 0 Å². The summed E-state index contributed by atoms with van der Waals surface area (Å²) >= 11 is 4.77. The molecule has 8 nitrogen and oxygen atoms in total. The van der Waals surface area contributed by atoms with Gasteiger partial charge in [-0.15, -0.1) is 8.78 Å². The molecule has 2 N–H and O–H groups in total. The van der Waals surface area contributed by atoms with Gasteiger partial charge in [0.05, 0.1) is 17.1 Å². The lowest BCUT2D eigenvalue weighted by atomic mass is 10.0. The van der Waals surface area contributed by atoms with Crippen LogP contribution in [0.5, 0.6) is 5.75 Å². The molecule has 0 bridgehead atoms. The number of imidazole rings is 1. The third kappa shape index (κ3) is 4.55. The summed E-state index contributed by atoms with van der Waals surface area (Å²) in [6.45, 7) is 0.606. The van der Waals surface area contributed by atoms with E-state index in [-0.39, 0.29) is 5.75 Å². The Hall–Kier alpha value is -3.63. The van der Waals surface area contributed by atoms with Crippen molar-refractivity contribution in [1.82, 2.24) is 19.5 Å². The number of aryl methyl sites for hydroxylation is 1. The Morgan fingerprint density at radius 2 is 1.94 bits per heavy atom. The zero-order chi connectivity index (χ0) is 23.9. The van der Waals surface area contributed by atoms with Crippen LogP contribution < -0.4 is 10.1 Å². The number of aliphatic hydroxyl groups is 1. The quantitative estimate of drug-likeness (QED) is 0.410. The van der Waals surface area contributed by atoms with Gasteiger partial charge in [-0.25, -0.2) is 15.0 Å². The van der Waals surface area contributed by atoms with Crippen LogP contribution in [0.4, 0.5) is 14.5 Å². The standard InChI is InChI=1S/C23H18ClF2N5O3/c24-23(25,26)34-17-3-1-15(2-4-17)29-22(33)13-7-18(14-10-27-12-28-11-14)21-19(8-13)30-20-9-16(32)5-6-31(20)21/h1-4,7-8,10-12,16,32H,5-6,9H2,(H,29,33)/t16-/m0/s1. The summed E-state index contributed by atoms with van der Waals surface area (Å²) in [6, 6.07) is 8.82. The Morgan fingerprint density at radius 1 is 1.21 bits per heavy atom. The number of benzene rings is 2. The summed E-state index contributed by atoms with van der Waals surface area (Å²) in [7, 11) is 0. The molecule has 2 aromatic carbocycles. The number of alkyl halides is 3. The highest BCUT2D eigenvalue weighted by atomic mass is 35.5. The molecule has 0 radical (unpaired) electrons. The van der Waals surface area contributed by atoms with E-state index >= 15 is 0 Å². The van der Waals surface area contributed by atoms with Gasteiger partial charge in [-0.2, -0.15) is 0 Å². The maximum atomic E-state index is 13.1. The van der Waals surface area contributed by atoms with Gasteiger partial charge in [-0.1, -0.05) is 0 Å². The molecular weight excluding hydrogens is 468 g/mol. The molecule has 0 unspecified atom stereocenters. The molecule has 4 aromatic rings. The van der Waals surface area contributed by atoms with Crippen molar-refractivity contribution in [3.63, 3.8) is 0 Å². The van der Waals surface area contributed by atoms with Crippen LogP contribution in [0.25, 0.3) is 22.2 Å². The van der Waals surface area contributed by atoms with Crippen LogP contribution in [-0.4, -0.2) is 42.2 Å². The van der Waals surface area contributed by atoms with Crippen LogP contribution in [0.15, 0.2) is 55.1 Å². The summed E-state index contributed by atoms with van der Waals surface area (Å²) in [5.41, 5.74) is -0.175. The number of aromatic nitrogens is 4. The molecule has 1 atom stereocenters. The van der Waals surface area contributed by atoms with Gasteiger partial charge in [0.1, 0.15) is 17.9 Å². The molecule has 0 saturated heterocycles. The predicted octanol–water partition coefficient (Wildman–Crippen LogP) is 4.22. The molecule has 0 aliphatic carbocycles. The van der Waals surface area contributed by atoms with Crippen molar-refractivity contribution in [2.24, 2.45) is 0 Å². The number of nitrogens with one attached hydrogen (secondary N) is 1. The average Bonchev–Trinajstić information content (AvgIpc) is 3.16. The molecule has 3 heterocycles. The normalized spacial score (nSPS) is 15.7. The monoisotopic (exact) mass is 485 g/mol. The molecule has 2 aromatic heterocycles. The number of aliphatic hydroxyl groups excluding tert-OH is 1. The molecule has 5 rings (SSSR count). The van der Waals surface area contributed by atoms with Crippen LogP contribution in [0.3, 0.4) is 0 Å². The fraction of sp³-hybridized carbons (Fsp3) is 0.217. The third-order valence-electron chi connectivity index (χ3n) is 5.50. The first-order valence-electron chi connectivity index (χ1n) is 10.4. The van der Waals surface area contributed by atoms with E-state index in [1.807, 2.05) is 0 Å². The van der Waals surface area contributed by atoms with Crippen molar-refractivity contribution < 1.29 is 23.4 Å². The minimum Gasteiger partial charge on any atom is -0.420 e. The van der Waals surface area contributed by atoms with E-state index in [2.05, 4.69) is 29.6 Å². The number of fused-ring (bicyclic) bond motifs is 3. The molecular formula is C23H18ClF2N5O3. The van der Waals surface area contributed by atoms with Crippen molar-refractivity contribution in [3.05, 3.63) is 66.5 Å². The summed E-state index contributed by atoms with van der Waals surface area (Å²) in [4.78, 5) is 25.9. The number of amides is 1. The first-order valence-corrected chi connectivity index (χ1v) is 10.8. The van der Waals surface area contributed by atoms with Crippen LogP contribution >= 0.6 is 11.6 Å². The number of hydrogen-bond acceptors (Lipinski definition) is 6. The van der Waals surface area contributed by atoms with Gasteiger partial charge in [-0.05, 0) is 42.8 Å². The molecule has 0 fully saturated rings. The van der Waals surface area contributed by atoms with E-state index in [1.165, 1.54) is 30.6 Å². The van der Waals surface area contributed by atoms with Gasteiger partial charge >= 0.3 is 5.57 Å². The van der Waals surface area contributed by atoms with E-state index in [1.54, 1.807) is 24.5 Å². The second-order valence-corrected chi connectivity index (χ2v) is 8.31. The minimum atomic E-state index is -3.82. The molecule has 0 spiro atoms. The highest BCUT2D eigenvalue weighted by molar-refractivity contribution is 6.20. The third-order valence-corrected chi connectivity index (χ3v) is 5.58. The van der Waals surface area contributed by atoms with E-state index < -0.39 is 17.6 Å². The number of hydrogen-bond donors (Lipinski definition) is 2. The Bertz CT molecular complexity index is 1360. The minimum absolute atomic E-state index is 0.142. The van der Waals surface area contributed by atoms with Crippen molar-refractivity contribution in [2.75, 3.05) is 5.32 Å². The summed E-state index contributed by atoms with van der Waals surface area (Å²) in [5.74, 6) is 0.190. The largest absolute Gasteiger partial charge is 0.487 e. The number of nitrogens with zero attached hydrogens (tertiary/aromatic N) is 4. The number of halogens is 3. The lowest BCUT2D eigenvalue weighted by Gasteiger charge is -2.20. The molecule has 1 aliphatic rings. The molecule has 1 aliphatic heterocycles. The van der Waals surface area contributed by atoms with Crippen LogP contribution in [-0.2, 0) is 13.0 Å². The van der Waals surface area contributed by atoms with E-state index in [0.29, 0.717) is 36.2 Å². The van der Waals surface area contributed by atoms with Gasteiger partial charge in [0.15, 0.2) is 0 Å². The maximum absolute atomic E-state index is 13.1. The number of carbonyl (C=O) groups is 1. The number of anilines is 1. The van der Waals surface area contributed by atoms with Gasteiger partial charge < -0.3 is 19.7 Å². The Morgan fingerprint density at radius 3 is 2.65 bits per heavy atom. The first kappa shape index (κ1) is 22.2. The highest BCUT2D eigenvalue weighted by Gasteiger charge is 2.27. The summed E-state index contributed by atoms with van der Waals surface area (Å²) < 4.78 is 31.9. The van der Waals surface area contributed by atoms with Crippen molar-refractivity contribution >= 4 is 34.2 Å². The summed E-state index contributed by atoms with van der Waals surface area (Å²) in [5, 5.41) is 12.8. The first-order chi connectivity index (χ1) is 16.3. The fourth-order valence-corrected chi connectivity index (χ4v) is 4.13. The number of carbonyl (C=O) groups excluding carboxylic acids is 1.